The molecule has 1 unspecified atom stereocenters. The van der Waals surface area contributed by atoms with Crippen molar-refractivity contribution < 1.29 is 8.42 Å². The highest BCUT2D eigenvalue weighted by molar-refractivity contribution is 7.89. The number of primary sulfonamides is 1. The van der Waals surface area contributed by atoms with Gasteiger partial charge in [-0.25, -0.2) is 13.6 Å². The van der Waals surface area contributed by atoms with Gasteiger partial charge in [-0.05, 0) is 31.4 Å². The van der Waals surface area contributed by atoms with Crippen molar-refractivity contribution in [2.24, 2.45) is 11.1 Å². The van der Waals surface area contributed by atoms with Crippen molar-refractivity contribution >= 4 is 21.4 Å². The molecule has 0 saturated heterocycles. The van der Waals surface area contributed by atoms with Gasteiger partial charge in [-0.15, -0.1) is 0 Å². The van der Waals surface area contributed by atoms with Crippen LogP contribution in [0.3, 0.4) is 0 Å². The van der Waals surface area contributed by atoms with Gasteiger partial charge in [0.05, 0.1) is 11.4 Å². The van der Waals surface area contributed by atoms with E-state index in [-0.39, 0.29) is 16.6 Å². The molecule has 0 aromatic heterocycles. The average Bonchev–Trinajstić information content (AvgIpc) is 2.29. The summed E-state index contributed by atoms with van der Waals surface area (Å²) >= 11 is 0. The van der Waals surface area contributed by atoms with Crippen LogP contribution < -0.4 is 16.2 Å². The van der Waals surface area contributed by atoms with E-state index < -0.39 is 10.0 Å². The van der Waals surface area contributed by atoms with Gasteiger partial charge in [-0.2, -0.15) is 0 Å². The maximum Gasteiger partial charge on any atom is 0.240 e. The summed E-state index contributed by atoms with van der Waals surface area (Å²) in [6.07, 6.45) is 3.32. The fourth-order valence-electron chi connectivity index (χ4n) is 2.09. The fraction of sp³-hybridized carbons (Fsp3) is 0.571. The Kier molecular flexibility index (Phi) is 5.83. The molecular weight excluding hydrogens is 274 g/mol. The number of rotatable bonds is 7. The van der Waals surface area contributed by atoms with E-state index >= 15 is 0 Å². The zero-order valence-corrected chi connectivity index (χ0v) is 13.2. The molecule has 0 aliphatic carbocycles. The van der Waals surface area contributed by atoms with Gasteiger partial charge in [0.2, 0.25) is 10.0 Å². The fourth-order valence-corrected chi connectivity index (χ4v) is 2.77. The number of anilines is 2. The zero-order chi connectivity index (χ0) is 15.3. The molecule has 5 N–H and O–H groups in total. The lowest BCUT2D eigenvalue weighted by atomic mass is 10.0. The Balaban J connectivity index is 2.73. The number of nitrogen functional groups attached to an aromatic ring is 1. The summed E-state index contributed by atoms with van der Waals surface area (Å²) in [6.45, 7) is 6.46. The topological polar surface area (TPSA) is 98.2 Å². The molecule has 20 heavy (non-hydrogen) atoms. The van der Waals surface area contributed by atoms with Crippen molar-refractivity contribution in [1.82, 2.24) is 0 Å². The standard InChI is InChI=1S/C14H25N3O2S/c1-10(2)6-4-7-11(3)17-12-8-5-9-13(14(12)15)20(16,18)19/h5,8-11,17H,4,6-7,15H2,1-3H3,(H2,16,18,19). The van der Waals surface area contributed by atoms with Crippen LogP contribution in [0.15, 0.2) is 23.1 Å². The van der Waals surface area contributed by atoms with Crippen molar-refractivity contribution in [2.75, 3.05) is 11.1 Å². The molecule has 1 aromatic carbocycles. The third kappa shape index (κ3) is 5.02. The highest BCUT2D eigenvalue weighted by Gasteiger charge is 2.15. The predicted octanol–water partition coefficient (Wildman–Crippen LogP) is 2.54. The molecule has 114 valence electrons. The molecule has 0 amide bonds. The smallest absolute Gasteiger partial charge is 0.240 e. The highest BCUT2D eigenvalue weighted by Crippen LogP contribution is 2.26. The molecule has 0 fully saturated rings. The quantitative estimate of drug-likeness (QED) is 0.674. The van der Waals surface area contributed by atoms with Crippen LogP contribution in [0.5, 0.6) is 0 Å². The van der Waals surface area contributed by atoms with E-state index in [4.69, 9.17) is 10.9 Å². The van der Waals surface area contributed by atoms with Gasteiger partial charge in [0.25, 0.3) is 0 Å². The van der Waals surface area contributed by atoms with E-state index in [9.17, 15) is 8.42 Å². The number of hydrogen-bond acceptors (Lipinski definition) is 4. The summed E-state index contributed by atoms with van der Waals surface area (Å²) in [5.74, 6) is 0.693. The monoisotopic (exact) mass is 299 g/mol. The van der Waals surface area contributed by atoms with Gasteiger partial charge in [0.15, 0.2) is 0 Å². The minimum Gasteiger partial charge on any atom is -0.396 e. The number of benzene rings is 1. The van der Waals surface area contributed by atoms with Gasteiger partial charge < -0.3 is 11.1 Å². The Morgan fingerprint density at radius 2 is 1.85 bits per heavy atom. The van der Waals surface area contributed by atoms with Gasteiger partial charge in [-0.1, -0.05) is 32.8 Å². The minimum absolute atomic E-state index is 0.0307. The second-order valence-corrected chi connectivity index (χ2v) is 7.16. The molecule has 0 bridgehead atoms. The Morgan fingerprint density at radius 3 is 2.40 bits per heavy atom. The van der Waals surface area contributed by atoms with Gasteiger partial charge in [0.1, 0.15) is 4.90 Å². The number of para-hydroxylation sites is 1. The lowest BCUT2D eigenvalue weighted by molar-refractivity contribution is 0.520. The Labute approximate surface area is 121 Å². The molecule has 0 radical (unpaired) electrons. The van der Waals surface area contributed by atoms with Crippen molar-refractivity contribution in [3.05, 3.63) is 18.2 Å². The zero-order valence-electron chi connectivity index (χ0n) is 12.4. The van der Waals surface area contributed by atoms with E-state index in [2.05, 4.69) is 26.1 Å². The average molecular weight is 299 g/mol. The van der Waals surface area contributed by atoms with E-state index in [1.807, 2.05) is 0 Å². The normalized spacial score (nSPS) is 13.4. The van der Waals surface area contributed by atoms with Crippen LogP contribution in [-0.4, -0.2) is 14.5 Å². The molecule has 0 saturated carbocycles. The lowest BCUT2D eigenvalue weighted by Gasteiger charge is -2.18. The molecule has 1 atom stereocenters. The molecule has 0 spiro atoms. The van der Waals surface area contributed by atoms with Crippen LogP contribution in [0.4, 0.5) is 11.4 Å². The lowest BCUT2D eigenvalue weighted by Crippen LogP contribution is -2.19. The van der Waals surface area contributed by atoms with Gasteiger partial charge >= 0.3 is 0 Å². The number of sulfonamides is 1. The molecule has 6 heteroatoms. The van der Waals surface area contributed by atoms with Gasteiger partial charge in [0, 0.05) is 6.04 Å². The van der Waals surface area contributed by atoms with E-state index in [1.165, 1.54) is 12.5 Å². The molecule has 1 rings (SSSR count). The summed E-state index contributed by atoms with van der Waals surface area (Å²) < 4.78 is 22.8. The first-order valence-electron chi connectivity index (χ1n) is 6.89. The summed E-state index contributed by atoms with van der Waals surface area (Å²) in [4.78, 5) is -0.0307. The van der Waals surface area contributed by atoms with Crippen molar-refractivity contribution in [2.45, 2.75) is 51.0 Å². The molecule has 0 aliphatic rings. The molecule has 0 aliphatic heterocycles. The van der Waals surface area contributed by atoms with Gasteiger partial charge in [-0.3, -0.25) is 0 Å². The first-order chi connectivity index (χ1) is 9.21. The van der Waals surface area contributed by atoms with Crippen LogP contribution >= 0.6 is 0 Å². The Bertz CT molecular complexity index is 541. The number of hydrogen-bond donors (Lipinski definition) is 3. The number of nitrogens with two attached hydrogens (primary N) is 2. The molecule has 1 aromatic rings. The molecular formula is C14H25N3O2S. The minimum atomic E-state index is -3.78. The van der Waals surface area contributed by atoms with E-state index in [0.717, 1.165) is 12.8 Å². The summed E-state index contributed by atoms with van der Waals surface area (Å²) in [7, 11) is -3.78. The maximum atomic E-state index is 11.4. The van der Waals surface area contributed by atoms with Crippen LogP contribution in [0.25, 0.3) is 0 Å². The maximum absolute atomic E-state index is 11.4. The van der Waals surface area contributed by atoms with Crippen molar-refractivity contribution in [1.29, 1.82) is 0 Å². The van der Waals surface area contributed by atoms with Crippen LogP contribution in [0.1, 0.15) is 40.0 Å². The Hall–Kier alpha value is -1.27. The van der Waals surface area contributed by atoms with Crippen molar-refractivity contribution in [3.63, 3.8) is 0 Å². The first-order valence-corrected chi connectivity index (χ1v) is 8.44. The number of nitrogens with one attached hydrogen (secondary N) is 1. The Morgan fingerprint density at radius 1 is 1.20 bits per heavy atom. The SMILES string of the molecule is CC(C)CCCC(C)Nc1cccc(S(N)(=O)=O)c1N. The van der Waals surface area contributed by atoms with Crippen LogP contribution in [0, 0.1) is 5.92 Å². The highest BCUT2D eigenvalue weighted by atomic mass is 32.2. The predicted molar refractivity (Wildman–Crippen MR) is 84.0 cm³/mol. The van der Waals surface area contributed by atoms with E-state index in [1.54, 1.807) is 12.1 Å². The third-order valence-electron chi connectivity index (χ3n) is 3.19. The summed E-state index contributed by atoms with van der Waals surface area (Å²) in [6, 6.07) is 5.05. The first kappa shape index (κ1) is 16.8. The molecule has 0 heterocycles. The van der Waals surface area contributed by atoms with E-state index in [0.29, 0.717) is 11.6 Å². The third-order valence-corrected chi connectivity index (χ3v) is 4.16. The van der Waals surface area contributed by atoms with Crippen molar-refractivity contribution in [3.8, 4) is 0 Å². The molecule has 5 nitrogen and oxygen atoms in total. The van der Waals surface area contributed by atoms with Crippen LogP contribution in [-0.2, 0) is 10.0 Å². The second-order valence-electron chi connectivity index (χ2n) is 5.63. The summed E-state index contributed by atoms with van der Waals surface area (Å²) in [5, 5.41) is 8.39. The second kappa shape index (κ2) is 6.95. The largest absolute Gasteiger partial charge is 0.396 e. The van der Waals surface area contributed by atoms with Crippen LogP contribution in [0.2, 0.25) is 0 Å². The summed E-state index contributed by atoms with van der Waals surface area (Å²) in [5.41, 5.74) is 6.68.